The molecular weight excluding hydrogens is 1450 g/mol. The molecule has 1 aromatic carbocycles. The third kappa shape index (κ3) is 40.1. The molecule has 654 valence electrons. The Balaban J connectivity index is 0.000000178. The summed E-state index contributed by atoms with van der Waals surface area (Å²) >= 11 is 0. The van der Waals surface area contributed by atoms with Crippen molar-refractivity contribution in [2.45, 2.75) is 116 Å². The van der Waals surface area contributed by atoms with E-state index < -0.39 is 0 Å². The average molecular weight is 1610 g/mol. The smallest absolute Gasteiger partial charge is 0.225 e. The summed E-state index contributed by atoms with van der Waals surface area (Å²) in [5.74, 6) is 7.50. The summed E-state index contributed by atoms with van der Waals surface area (Å²) in [6.45, 7) is 49.3. The maximum atomic E-state index is 13.3. The number of nitrogens with one attached hydrogen (secondary N) is 10. The molecule has 4 aromatic rings. The van der Waals surface area contributed by atoms with E-state index in [9.17, 15) is 4.39 Å². The van der Waals surface area contributed by atoms with E-state index in [1.165, 1.54) is 220 Å². The van der Waals surface area contributed by atoms with E-state index >= 15 is 0 Å². The standard InChI is InChI=1S/C11H22N2.C10H13FN2.2C10H21N3.C10H20N2.C9H14N4O.2C8H12N4.C6H16N2.C4H11N/c1-13-8-4-11(5-9-13)10-2-6-12-7-3-10;11-9-3-1-2-4-10(9)13-7-5-12-6-8-13;2*1-12-6-2-10(3-7-12)13-8-4-11-5-9-13;1-5-11-6-2-9(1)10-3-7-12-8-4-10;1-14-8-6-11-7-12-9(8)13-4-2-10-3-5-13;1-2-11-8(7-10-1)12-5-3-9-4-6-12;1-2-10-8(11-3-1)12-6-4-9-5-7-12;1-8(2)6-4-3-5-7;1-3-5-4-2/h10-12H,2-9H2,1H3;1-4,12H,5-8H2;2*10-11H,2-9H2,1H3;9-12H,1-8H2;6-7,10H,2-5H2,1H3;1-2,7,9H,3-6H2;1-3,9H,4-7H2;3-7H2,1-2H3;5H,3-4H2,1-2H3. The van der Waals surface area contributed by atoms with Gasteiger partial charge < -0.3 is 103 Å². The van der Waals surface area contributed by atoms with Crippen LogP contribution in [0.1, 0.15) is 104 Å². The van der Waals surface area contributed by atoms with E-state index in [4.69, 9.17) is 10.5 Å². The molecule has 115 heavy (non-hydrogen) atoms. The summed E-state index contributed by atoms with van der Waals surface area (Å²) in [4.78, 5) is 48.4. The Morgan fingerprint density at radius 1 is 0.426 bits per heavy atom. The number of para-hydroxylation sites is 1. The van der Waals surface area contributed by atoms with Crippen LogP contribution in [-0.4, -0.2) is 376 Å². The highest BCUT2D eigenvalue weighted by molar-refractivity contribution is 5.51. The zero-order valence-electron chi connectivity index (χ0n) is 73.1. The number of hydrogen-bond donors (Lipinski definition) is 11. The molecule has 0 aliphatic carbocycles. The largest absolute Gasteiger partial charge is 0.491 e. The molecule has 12 N–H and O–H groups in total. The number of halogens is 1. The second kappa shape index (κ2) is 61.1. The van der Waals surface area contributed by atoms with Crippen molar-refractivity contribution >= 4 is 23.3 Å². The first kappa shape index (κ1) is 96.8. The maximum Gasteiger partial charge on any atom is 0.225 e. The highest BCUT2D eigenvalue weighted by Crippen LogP contribution is 2.31. The van der Waals surface area contributed by atoms with Gasteiger partial charge in [-0.05, 0) is 272 Å². The molecule has 0 spiro atoms. The van der Waals surface area contributed by atoms with Crippen molar-refractivity contribution in [2.24, 2.45) is 29.4 Å². The SMILES string of the molecule is C1CC(C2CCNCC2)CCN1.CCNCC.CN(C)CCCCN.CN1CCC(C2CCNCC2)CC1.CN1CCC(N2CCNCC2)CC1.CN1CCC(N2CCNCC2)CC1.COc1cncnc1N1CCNCC1.Fc1ccccc1N1CCNCC1.c1cnc(N2CCNCC2)cn1.c1cnc(N2CCNCC2)nc1. The molecule has 12 aliphatic rings. The van der Waals surface area contributed by atoms with Crippen LogP contribution in [0.4, 0.5) is 27.7 Å². The molecule has 15 heterocycles. The number of nitrogens with zero attached hydrogens (tertiary/aromatic N) is 16. The molecule has 12 fully saturated rings. The highest BCUT2D eigenvalue weighted by Gasteiger charge is 2.29. The molecule has 12 aliphatic heterocycles. The van der Waals surface area contributed by atoms with Gasteiger partial charge in [0.1, 0.15) is 18.0 Å². The Labute approximate surface area is 695 Å². The van der Waals surface area contributed by atoms with Crippen LogP contribution in [0.2, 0.25) is 0 Å². The van der Waals surface area contributed by atoms with Crippen LogP contribution in [0.15, 0.2) is 73.8 Å². The highest BCUT2D eigenvalue weighted by atomic mass is 19.1. The van der Waals surface area contributed by atoms with Crippen molar-refractivity contribution in [3.05, 3.63) is 79.7 Å². The molecule has 0 unspecified atom stereocenters. The Morgan fingerprint density at radius 2 is 0.826 bits per heavy atom. The Kier molecular flexibility index (Phi) is 51.4. The van der Waals surface area contributed by atoms with E-state index in [1.54, 1.807) is 50.5 Å². The molecule has 0 radical (unpaired) electrons. The Bertz CT molecular complexity index is 2730. The third-order valence-corrected chi connectivity index (χ3v) is 24.1. The number of piperidine rings is 6. The van der Waals surface area contributed by atoms with Crippen LogP contribution in [0.25, 0.3) is 0 Å². The van der Waals surface area contributed by atoms with Crippen molar-refractivity contribution in [2.75, 3.05) is 324 Å². The fourth-order valence-electron chi connectivity index (χ4n) is 16.9. The molecule has 16 rings (SSSR count). The number of nitrogens with two attached hydrogens (primary N) is 1. The van der Waals surface area contributed by atoms with E-state index in [0.29, 0.717) is 0 Å². The molecule has 28 nitrogen and oxygen atoms in total. The van der Waals surface area contributed by atoms with Gasteiger partial charge >= 0.3 is 0 Å². The summed E-state index contributed by atoms with van der Waals surface area (Å²) in [5, 5.41) is 33.4. The molecule has 3 aromatic heterocycles. The summed E-state index contributed by atoms with van der Waals surface area (Å²) in [7, 11) is 12.5. The number of methoxy groups -OCH3 is 1. The van der Waals surface area contributed by atoms with Gasteiger partial charge in [0, 0.05) is 194 Å². The lowest BCUT2D eigenvalue weighted by atomic mass is 9.79. The van der Waals surface area contributed by atoms with Crippen molar-refractivity contribution in [1.29, 1.82) is 0 Å². The molecule has 29 heteroatoms. The number of piperazine rings is 6. The van der Waals surface area contributed by atoms with E-state index in [-0.39, 0.29) is 5.82 Å². The minimum atomic E-state index is -0.121. The topological polar surface area (TPSA) is 265 Å². The van der Waals surface area contributed by atoms with Gasteiger partial charge in [0.2, 0.25) is 5.95 Å². The second-order valence-corrected chi connectivity index (χ2v) is 32.7. The lowest BCUT2D eigenvalue weighted by Crippen LogP contribution is -2.51. The molecule has 0 atom stereocenters. The van der Waals surface area contributed by atoms with Gasteiger partial charge in [-0.3, -0.25) is 14.8 Å². The predicted molar refractivity (Wildman–Crippen MR) is 477 cm³/mol. The van der Waals surface area contributed by atoms with Crippen LogP contribution >= 0.6 is 0 Å². The first-order valence-corrected chi connectivity index (χ1v) is 45.0. The predicted octanol–water partition coefficient (Wildman–Crippen LogP) is 4.09. The van der Waals surface area contributed by atoms with Crippen molar-refractivity contribution < 1.29 is 9.13 Å². The summed E-state index contributed by atoms with van der Waals surface area (Å²) in [6.07, 6.45) is 31.4. The van der Waals surface area contributed by atoms with E-state index in [1.807, 2.05) is 24.4 Å². The van der Waals surface area contributed by atoms with Gasteiger partial charge in [-0.2, -0.15) is 0 Å². The van der Waals surface area contributed by atoms with Gasteiger partial charge in [-0.25, -0.2) is 29.3 Å². The minimum Gasteiger partial charge on any atom is -0.491 e. The van der Waals surface area contributed by atoms with Gasteiger partial charge in [-0.15, -0.1) is 0 Å². The van der Waals surface area contributed by atoms with Crippen LogP contribution in [0, 0.1) is 29.5 Å². The Morgan fingerprint density at radius 3 is 1.23 bits per heavy atom. The number of benzene rings is 1. The molecule has 0 saturated carbocycles. The summed E-state index contributed by atoms with van der Waals surface area (Å²) < 4.78 is 18.5. The Hall–Kier alpha value is -5.29. The summed E-state index contributed by atoms with van der Waals surface area (Å²) in [6, 6.07) is 10.5. The number of rotatable bonds is 15. The fraction of sp³-hybridized carbons (Fsp3) is 0.791. The van der Waals surface area contributed by atoms with Crippen molar-refractivity contribution in [1.82, 2.24) is 112 Å². The zero-order valence-corrected chi connectivity index (χ0v) is 73.1. The van der Waals surface area contributed by atoms with Gasteiger partial charge in [0.15, 0.2) is 11.6 Å². The summed E-state index contributed by atoms with van der Waals surface area (Å²) in [5.41, 5.74) is 6.02. The van der Waals surface area contributed by atoms with Gasteiger partial charge in [0.05, 0.1) is 25.2 Å². The lowest BCUT2D eigenvalue weighted by molar-refractivity contribution is 0.109. The lowest BCUT2D eigenvalue weighted by Gasteiger charge is -2.39. The van der Waals surface area contributed by atoms with Gasteiger partial charge in [0.25, 0.3) is 0 Å². The maximum absolute atomic E-state index is 13.3. The van der Waals surface area contributed by atoms with Gasteiger partial charge in [-0.1, -0.05) is 26.0 Å². The van der Waals surface area contributed by atoms with Crippen LogP contribution in [0.5, 0.6) is 5.75 Å². The first-order chi connectivity index (χ1) is 56.5. The molecular formula is C86H162FN27O. The number of anilines is 4. The number of unbranched alkanes of at least 4 members (excludes halogenated alkanes) is 1. The van der Waals surface area contributed by atoms with E-state index in [2.05, 4.69) is 181 Å². The number of ether oxygens (including phenoxy) is 1. The molecule has 0 amide bonds. The third-order valence-electron chi connectivity index (χ3n) is 24.1. The normalized spacial score (nSPS) is 21.8. The zero-order chi connectivity index (χ0) is 81.4. The fourth-order valence-corrected chi connectivity index (χ4v) is 16.9. The second-order valence-electron chi connectivity index (χ2n) is 32.7. The van der Waals surface area contributed by atoms with Crippen molar-refractivity contribution in [3.63, 3.8) is 0 Å². The molecule has 0 bridgehead atoms. The minimum absolute atomic E-state index is 0.121. The number of hydrogen-bond acceptors (Lipinski definition) is 28. The number of aromatic nitrogens is 6. The average Bonchev–Trinajstić information content (AvgIpc) is 0.861. The molecule has 12 saturated heterocycles. The monoisotopic (exact) mass is 1610 g/mol. The quantitative estimate of drug-likeness (QED) is 0.0749. The van der Waals surface area contributed by atoms with Crippen LogP contribution in [-0.2, 0) is 0 Å². The first-order valence-electron chi connectivity index (χ1n) is 45.0. The van der Waals surface area contributed by atoms with Crippen LogP contribution < -0.4 is 83.2 Å². The van der Waals surface area contributed by atoms with E-state index in [0.717, 1.165) is 202 Å². The van der Waals surface area contributed by atoms with Crippen molar-refractivity contribution in [3.8, 4) is 5.75 Å². The van der Waals surface area contributed by atoms with Crippen LogP contribution in [0.3, 0.4) is 0 Å². The number of likely N-dealkylation sites (tertiary alicyclic amines) is 3.